The summed E-state index contributed by atoms with van der Waals surface area (Å²) in [6, 6.07) is 8.47. The second kappa shape index (κ2) is 3.50. The van der Waals surface area contributed by atoms with Gasteiger partial charge in [0.05, 0.1) is 0 Å². The van der Waals surface area contributed by atoms with Crippen LogP contribution in [0.3, 0.4) is 0 Å². The lowest BCUT2D eigenvalue weighted by Crippen LogP contribution is -2.10. The predicted molar refractivity (Wildman–Crippen MR) is 60.1 cm³/mol. The normalized spacial score (nSPS) is 11.7. The Morgan fingerprint density at radius 2 is 1.47 bits per heavy atom. The molecule has 0 aliphatic carbocycles. The van der Waals surface area contributed by atoms with Crippen molar-refractivity contribution in [3.63, 3.8) is 0 Å². The molecular formula is C12H15N3. The van der Waals surface area contributed by atoms with Crippen LogP contribution in [0.4, 0.5) is 0 Å². The fraction of sp³-hybridized carbons (Fsp3) is 0.333. The van der Waals surface area contributed by atoms with Gasteiger partial charge < -0.3 is 0 Å². The van der Waals surface area contributed by atoms with Crippen molar-refractivity contribution in [3.05, 3.63) is 42.5 Å². The third kappa shape index (κ3) is 2.06. The van der Waals surface area contributed by atoms with Gasteiger partial charge in [-0.05, 0) is 23.1 Å². The van der Waals surface area contributed by atoms with Crippen molar-refractivity contribution in [2.24, 2.45) is 0 Å². The minimum absolute atomic E-state index is 0.200. The van der Waals surface area contributed by atoms with Crippen LogP contribution in [-0.4, -0.2) is 14.8 Å². The molecule has 1 aromatic carbocycles. The topological polar surface area (TPSA) is 30.7 Å². The van der Waals surface area contributed by atoms with Crippen LogP contribution in [0.2, 0.25) is 0 Å². The molecule has 0 aliphatic rings. The van der Waals surface area contributed by atoms with E-state index in [0.29, 0.717) is 0 Å². The molecule has 0 atom stereocenters. The Kier molecular flexibility index (Phi) is 2.31. The highest BCUT2D eigenvalue weighted by atomic mass is 15.2. The van der Waals surface area contributed by atoms with Crippen LogP contribution in [0.25, 0.3) is 5.69 Å². The first kappa shape index (κ1) is 9.90. The van der Waals surface area contributed by atoms with Gasteiger partial charge in [-0.3, -0.25) is 4.57 Å². The molecule has 0 spiro atoms. The molecule has 0 amide bonds. The first-order chi connectivity index (χ1) is 7.07. The van der Waals surface area contributed by atoms with E-state index in [1.165, 1.54) is 5.56 Å². The quantitative estimate of drug-likeness (QED) is 0.710. The fourth-order valence-corrected chi connectivity index (χ4v) is 1.47. The van der Waals surface area contributed by atoms with Crippen LogP contribution < -0.4 is 0 Å². The van der Waals surface area contributed by atoms with Crippen molar-refractivity contribution < 1.29 is 0 Å². The van der Waals surface area contributed by atoms with Crippen molar-refractivity contribution in [1.29, 1.82) is 0 Å². The van der Waals surface area contributed by atoms with Gasteiger partial charge in [-0.2, -0.15) is 0 Å². The summed E-state index contributed by atoms with van der Waals surface area (Å²) in [5.41, 5.74) is 2.62. The van der Waals surface area contributed by atoms with Crippen LogP contribution in [0.5, 0.6) is 0 Å². The Bertz CT molecular complexity index is 421. The number of rotatable bonds is 1. The van der Waals surface area contributed by atoms with E-state index in [0.717, 1.165) is 5.69 Å². The van der Waals surface area contributed by atoms with Gasteiger partial charge in [-0.1, -0.05) is 32.9 Å². The maximum Gasteiger partial charge on any atom is 0.123 e. The van der Waals surface area contributed by atoms with Crippen LogP contribution >= 0.6 is 0 Å². The van der Waals surface area contributed by atoms with Gasteiger partial charge in [0.1, 0.15) is 12.7 Å². The number of hydrogen-bond acceptors (Lipinski definition) is 2. The van der Waals surface area contributed by atoms with Gasteiger partial charge >= 0.3 is 0 Å². The molecule has 0 aliphatic heterocycles. The summed E-state index contributed by atoms with van der Waals surface area (Å²) in [5, 5.41) is 7.57. The molecule has 2 rings (SSSR count). The second-order valence-electron chi connectivity index (χ2n) is 4.67. The minimum atomic E-state index is 0.200. The summed E-state index contributed by atoms with van der Waals surface area (Å²) in [6.07, 6.45) is 3.40. The molecule has 1 heterocycles. The molecule has 1 aromatic heterocycles. The third-order valence-electron chi connectivity index (χ3n) is 2.45. The van der Waals surface area contributed by atoms with Gasteiger partial charge in [0.25, 0.3) is 0 Å². The number of aromatic nitrogens is 3. The lowest BCUT2D eigenvalue weighted by atomic mass is 9.87. The Balaban J connectivity index is 2.33. The molecule has 0 N–H and O–H groups in total. The average Bonchev–Trinajstić information content (AvgIpc) is 2.69. The van der Waals surface area contributed by atoms with E-state index in [1.54, 1.807) is 12.7 Å². The molecule has 0 fully saturated rings. The number of nitrogens with zero attached hydrogens (tertiary/aromatic N) is 3. The van der Waals surface area contributed by atoms with Gasteiger partial charge in [0.15, 0.2) is 0 Å². The molecular weight excluding hydrogens is 186 g/mol. The molecule has 0 saturated heterocycles. The Hall–Kier alpha value is -1.64. The first-order valence-corrected chi connectivity index (χ1v) is 5.03. The molecule has 0 saturated carbocycles. The lowest BCUT2D eigenvalue weighted by molar-refractivity contribution is 0.590. The highest BCUT2D eigenvalue weighted by molar-refractivity contribution is 5.36. The SMILES string of the molecule is CC(C)(C)c1ccc(-n2cnnc2)cc1. The number of hydrogen-bond donors (Lipinski definition) is 0. The summed E-state index contributed by atoms with van der Waals surface area (Å²) < 4.78 is 1.90. The molecule has 0 unspecified atom stereocenters. The van der Waals surface area contributed by atoms with E-state index in [-0.39, 0.29) is 5.41 Å². The Morgan fingerprint density at radius 3 is 1.93 bits per heavy atom. The maximum absolute atomic E-state index is 3.78. The predicted octanol–water partition coefficient (Wildman–Crippen LogP) is 2.56. The molecule has 3 heteroatoms. The standard InChI is InChI=1S/C12H15N3/c1-12(2,3)10-4-6-11(7-5-10)15-8-13-14-9-15/h4-9H,1-3H3. The Morgan fingerprint density at radius 1 is 0.933 bits per heavy atom. The highest BCUT2D eigenvalue weighted by Crippen LogP contribution is 2.22. The van der Waals surface area contributed by atoms with Crippen LogP contribution in [0.15, 0.2) is 36.9 Å². The van der Waals surface area contributed by atoms with Gasteiger partial charge in [-0.25, -0.2) is 0 Å². The Labute approximate surface area is 89.8 Å². The van der Waals surface area contributed by atoms with Gasteiger partial charge in [-0.15, -0.1) is 10.2 Å². The zero-order valence-electron chi connectivity index (χ0n) is 9.31. The van der Waals surface area contributed by atoms with E-state index in [9.17, 15) is 0 Å². The lowest BCUT2D eigenvalue weighted by Gasteiger charge is -2.19. The summed E-state index contributed by atoms with van der Waals surface area (Å²) in [4.78, 5) is 0. The molecule has 3 nitrogen and oxygen atoms in total. The summed E-state index contributed by atoms with van der Waals surface area (Å²) in [7, 11) is 0. The minimum Gasteiger partial charge on any atom is -0.288 e. The maximum atomic E-state index is 3.78. The molecule has 78 valence electrons. The van der Waals surface area contributed by atoms with Crippen molar-refractivity contribution in [2.75, 3.05) is 0 Å². The third-order valence-corrected chi connectivity index (χ3v) is 2.45. The van der Waals surface area contributed by atoms with Crippen LogP contribution in [0, 0.1) is 0 Å². The van der Waals surface area contributed by atoms with Crippen molar-refractivity contribution in [1.82, 2.24) is 14.8 Å². The van der Waals surface area contributed by atoms with Crippen molar-refractivity contribution in [3.8, 4) is 5.69 Å². The van der Waals surface area contributed by atoms with E-state index < -0.39 is 0 Å². The second-order valence-corrected chi connectivity index (χ2v) is 4.67. The fourth-order valence-electron chi connectivity index (χ4n) is 1.47. The van der Waals surface area contributed by atoms with E-state index >= 15 is 0 Å². The monoisotopic (exact) mass is 201 g/mol. The van der Waals surface area contributed by atoms with Crippen molar-refractivity contribution in [2.45, 2.75) is 26.2 Å². The molecule has 15 heavy (non-hydrogen) atoms. The highest BCUT2D eigenvalue weighted by Gasteiger charge is 2.12. The van der Waals surface area contributed by atoms with E-state index in [2.05, 4.69) is 55.2 Å². The zero-order chi connectivity index (χ0) is 10.9. The molecule has 2 aromatic rings. The van der Waals surface area contributed by atoms with E-state index in [1.807, 2.05) is 4.57 Å². The smallest absolute Gasteiger partial charge is 0.123 e. The number of benzene rings is 1. The van der Waals surface area contributed by atoms with Crippen LogP contribution in [-0.2, 0) is 5.41 Å². The van der Waals surface area contributed by atoms with Crippen LogP contribution in [0.1, 0.15) is 26.3 Å². The van der Waals surface area contributed by atoms with E-state index in [4.69, 9.17) is 0 Å². The molecule has 0 radical (unpaired) electrons. The summed E-state index contributed by atoms with van der Waals surface area (Å²) in [5.74, 6) is 0. The summed E-state index contributed by atoms with van der Waals surface area (Å²) in [6.45, 7) is 6.63. The van der Waals surface area contributed by atoms with Crippen molar-refractivity contribution >= 4 is 0 Å². The summed E-state index contributed by atoms with van der Waals surface area (Å²) >= 11 is 0. The first-order valence-electron chi connectivity index (χ1n) is 5.03. The largest absolute Gasteiger partial charge is 0.288 e. The molecule has 0 bridgehead atoms. The van der Waals surface area contributed by atoms with Gasteiger partial charge in [0, 0.05) is 5.69 Å². The van der Waals surface area contributed by atoms with Gasteiger partial charge in [0.2, 0.25) is 0 Å². The zero-order valence-corrected chi connectivity index (χ0v) is 9.31. The average molecular weight is 201 g/mol.